The Morgan fingerprint density at radius 3 is 3.12 bits per heavy atom. The maximum Gasteiger partial charge on any atom is 0.322 e. The molecule has 0 saturated carbocycles. The largest absolute Gasteiger partial charge is 0.468 e. The van der Waals surface area contributed by atoms with Crippen molar-refractivity contribution in [1.29, 1.82) is 0 Å². The van der Waals surface area contributed by atoms with Gasteiger partial charge in [-0.05, 0) is 13.0 Å². The van der Waals surface area contributed by atoms with Crippen LogP contribution in [0.2, 0.25) is 0 Å². The van der Waals surface area contributed by atoms with E-state index in [1.807, 2.05) is 6.92 Å². The zero-order valence-electron chi connectivity index (χ0n) is 9.40. The normalized spacial score (nSPS) is 12.4. The van der Waals surface area contributed by atoms with Gasteiger partial charge in [-0.15, -0.1) is 0 Å². The number of H-pyrrole nitrogens is 1. The van der Waals surface area contributed by atoms with Crippen molar-refractivity contribution >= 4 is 17.7 Å². The molecule has 0 spiro atoms. The molecule has 0 aliphatic carbocycles. The molecule has 16 heavy (non-hydrogen) atoms. The molecule has 1 heterocycles. The highest BCUT2D eigenvalue weighted by atomic mass is 32.2. The highest BCUT2D eigenvalue weighted by Crippen LogP contribution is 2.13. The van der Waals surface area contributed by atoms with E-state index < -0.39 is 0 Å². The summed E-state index contributed by atoms with van der Waals surface area (Å²) in [5.41, 5.74) is 0. The topological polar surface area (TPSA) is 79.9 Å². The Labute approximate surface area is 98.6 Å². The molecule has 1 unspecified atom stereocenters. The first-order valence-electron chi connectivity index (χ1n) is 5.07. The van der Waals surface area contributed by atoms with Crippen molar-refractivity contribution in [3.63, 3.8) is 0 Å². The number of rotatable bonds is 7. The first-order valence-corrected chi connectivity index (χ1v) is 6.05. The summed E-state index contributed by atoms with van der Waals surface area (Å²) in [5.74, 6) is 0.558. The fraction of sp³-hybridized carbons (Fsp3) is 0.667. The number of carbonyl (C=O) groups excluding carboxylic acids is 1. The molecule has 1 rings (SSSR count). The van der Waals surface area contributed by atoms with Crippen LogP contribution in [0.3, 0.4) is 0 Å². The number of carbonyl (C=O) groups is 1. The first-order chi connectivity index (χ1) is 7.77. The number of esters is 1. The number of aromatic nitrogens is 3. The number of ether oxygens (including phenoxy) is 1. The lowest BCUT2D eigenvalue weighted by Gasteiger charge is -2.14. The van der Waals surface area contributed by atoms with Crippen LogP contribution in [0, 0.1) is 0 Å². The molecule has 2 N–H and O–H groups in total. The third-order valence-corrected chi connectivity index (χ3v) is 2.88. The minimum Gasteiger partial charge on any atom is -0.468 e. The van der Waals surface area contributed by atoms with Gasteiger partial charge >= 0.3 is 5.97 Å². The summed E-state index contributed by atoms with van der Waals surface area (Å²) in [7, 11) is 1.40. The van der Waals surface area contributed by atoms with Gasteiger partial charge in [-0.1, -0.05) is 18.7 Å². The lowest BCUT2D eigenvalue weighted by Crippen LogP contribution is -2.37. The van der Waals surface area contributed by atoms with Crippen molar-refractivity contribution in [1.82, 2.24) is 20.5 Å². The zero-order chi connectivity index (χ0) is 11.8. The second-order valence-corrected chi connectivity index (χ2v) is 4.14. The maximum absolute atomic E-state index is 11.4. The lowest BCUT2D eigenvalue weighted by molar-refractivity contribution is -0.143. The minimum absolute atomic E-state index is 0.222. The van der Waals surface area contributed by atoms with Gasteiger partial charge in [0.15, 0.2) is 5.16 Å². The SMILES string of the molecule is CCNC(CCSc1ncn[nH]1)C(=O)OC. The van der Waals surface area contributed by atoms with E-state index >= 15 is 0 Å². The van der Waals surface area contributed by atoms with Crippen LogP contribution < -0.4 is 5.32 Å². The zero-order valence-corrected chi connectivity index (χ0v) is 10.2. The molecule has 0 aliphatic rings. The Bertz CT molecular complexity index is 304. The van der Waals surface area contributed by atoms with Crippen LogP contribution in [0.4, 0.5) is 0 Å². The molecule has 0 fully saturated rings. The third kappa shape index (κ3) is 4.19. The van der Waals surface area contributed by atoms with Gasteiger partial charge in [-0.2, -0.15) is 5.10 Å². The van der Waals surface area contributed by atoms with Gasteiger partial charge in [-0.3, -0.25) is 9.89 Å². The molecule has 1 atom stereocenters. The van der Waals surface area contributed by atoms with E-state index in [9.17, 15) is 4.79 Å². The van der Waals surface area contributed by atoms with Crippen LogP contribution in [0.1, 0.15) is 13.3 Å². The molecule has 0 radical (unpaired) electrons. The maximum atomic E-state index is 11.4. The molecule has 0 bridgehead atoms. The number of nitrogens with one attached hydrogen (secondary N) is 2. The fourth-order valence-corrected chi connectivity index (χ4v) is 2.01. The van der Waals surface area contributed by atoms with E-state index in [1.54, 1.807) is 0 Å². The van der Waals surface area contributed by atoms with Crippen LogP contribution >= 0.6 is 11.8 Å². The van der Waals surface area contributed by atoms with Crippen molar-refractivity contribution in [2.24, 2.45) is 0 Å². The molecule has 6 nitrogen and oxygen atoms in total. The van der Waals surface area contributed by atoms with Crippen LogP contribution in [0.5, 0.6) is 0 Å². The third-order valence-electron chi connectivity index (χ3n) is 1.97. The van der Waals surface area contributed by atoms with E-state index in [-0.39, 0.29) is 12.0 Å². The number of nitrogens with zero attached hydrogens (tertiary/aromatic N) is 2. The number of hydrogen-bond acceptors (Lipinski definition) is 6. The Morgan fingerprint density at radius 1 is 1.75 bits per heavy atom. The van der Waals surface area contributed by atoms with E-state index in [1.165, 1.54) is 25.2 Å². The van der Waals surface area contributed by atoms with Gasteiger partial charge in [0, 0.05) is 5.75 Å². The Kier molecular flexibility index (Phi) is 5.87. The summed E-state index contributed by atoms with van der Waals surface area (Å²) < 4.78 is 4.71. The second kappa shape index (κ2) is 7.24. The molecule has 0 saturated heterocycles. The number of thioether (sulfide) groups is 1. The standard InChI is InChI=1S/C9H16N4O2S/c1-3-10-7(8(14)15-2)4-5-16-9-11-6-12-13-9/h6-7,10H,3-5H2,1-2H3,(H,11,12,13). The molecular weight excluding hydrogens is 228 g/mol. The summed E-state index contributed by atoms with van der Waals surface area (Å²) in [6.07, 6.45) is 2.16. The number of methoxy groups -OCH3 is 1. The average Bonchev–Trinajstić information content (AvgIpc) is 2.80. The molecule has 0 amide bonds. The highest BCUT2D eigenvalue weighted by Gasteiger charge is 2.17. The number of hydrogen-bond donors (Lipinski definition) is 2. The van der Waals surface area contributed by atoms with Crippen molar-refractivity contribution in [2.75, 3.05) is 19.4 Å². The van der Waals surface area contributed by atoms with Crippen molar-refractivity contribution in [3.05, 3.63) is 6.33 Å². The van der Waals surface area contributed by atoms with Crippen LogP contribution in [0.25, 0.3) is 0 Å². The number of aromatic amines is 1. The van der Waals surface area contributed by atoms with Gasteiger partial charge in [0.25, 0.3) is 0 Å². The minimum atomic E-state index is -0.245. The molecule has 7 heteroatoms. The molecular formula is C9H16N4O2S. The van der Waals surface area contributed by atoms with Gasteiger partial charge in [0.2, 0.25) is 0 Å². The van der Waals surface area contributed by atoms with Crippen LogP contribution in [-0.2, 0) is 9.53 Å². The van der Waals surface area contributed by atoms with Crippen molar-refractivity contribution in [2.45, 2.75) is 24.5 Å². The van der Waals surface area contributed by atoms with E-state index in [0.29, 0.717) is 6.42 Å². The Balaban J connectivity index is 2.29. The lowest BCUT2D eigenvalue weighted by atomic mass is 10.2. The second-order valence-electron chi connectivity index (χ2n) is 3.06. The first kappa shape index (κ1) is 13.0. The number of likely N-dealkylation sites (N-methyl/N-ethyl adjacent to an activating group) is 1. The Morgan fingerprint density at radius 2 is 2.56 bits per heavy atom. The summed E-state index contributed by atoms with van der Waals surface area (Å²) in [6.45, 7) is 2.70. The summed E-state index contributed by atoms with van der Waals surface area (Å²) >= 11 is 1.53. The van der Waals surface area contributed by atoms with E-state index in [0.717, 1.165) is 17.5 Å². The monoisotopic (exact) mass is 244 g/mol. The quantitative estimate of drug-likeness (QED) is 0.535. The predicted molar refractivity (Wildman–Crippen MR) is 61.2 cm³/mol. The van der Waals surface area contributed by atoms with Crippen LogP contribution in [0.15, 0.2) is 11.5 Å². The average molecular weight is 244 g/mol. The predicted octanol–water partition coefficient (Wildman–Crippen LogP) is 0.438. The van der Waals surface area contributed by atoms with Crippen molar-refractivity contribution < 1.29 is 9.53 Å². The highest BCUT2D eigenvalue weighted by molar-refractivity contribution is 7.99. The van der Waals surface area contributed by atoms with E-state index in [2.05, 4.69) is 20.5 Å². The van der Waals surface area contributed by atoms with Gasteiger partial charge in [-0.25, -0.2) is 4.98 Å². The summed E-state index contributed by atoms with van der Waals surface area (Å²) in [5, 5.41) is 10.3. The summed E-state index contributed by atoms with van der Waals surface area (Å²) in [6, 6.07) is -0.245. The molecule has 0 aliphatic heterocycles. The van der Waals surface area contributed by atoms with Crippen molar-refractivity contribution in [3.8, 4) is 0 Å². The van der Waals surface area contributed by atoms with Gasteiger partial charge < -0.3 is 10.1 Å². The van der Waals surface area contributed by atoms with Gasteiger partial charge in [0.05, 0.1) is 7.11 Å². The summed E-state index contributed by atoms with van der Waals surface area (Å²) in [4.78, 5) is 15.3. The Hall–Kier alpha value is -1.08. The molecule has 0 aromatic carbocycles. The molecule has 1 aromatic rings. The fourth-order valence-electron chi connectivity index (χ4n) is 1.23. The van der Waals surface area contributed by atoms with Crippen LogP contribution in [-0.4, -0.2) is 46.6 Å². The molecule has 1 aromatic heterocycles. The van der Waals surface area contributed by atoms with E-state index in [4.69, 9.17) is 4.74 Å². The molecule has 90 valence electrons. The smallest absolute Gasteiger partial charge is 0.322 e. The van der Waals surface area contributed by atoms with Gasteiger partial charge in [0.1, 0.15) is 12.4 Å².